The zero-order valence-electron chi connectivity index (χ0n) is 21.3. The van der Waals surface area contributed by atoms with Crippen molar-refractivity contribution in [2.75, 3.05) is 30.4 Å². The summed E-state index contributed by atoms with van der Waals surface area (Å²) in [6.45, 7) is 1.98. The number of halogens is 1. The van der Waals surface area contributed by atoms with Gasteiger partial charge < -0.3 is 10.2 Å². The molecule has 2 fully saturated rings. The van der Waals surface area contributed by atoms with Crippen LogP contribution in [-0.4, -0.2) is 62.5 Å². The van der Waals surface area contributed by atoms with Crippen LogP contribution in [-0.2, 0) is 0 Å². The van der Waals surface area contributed by atoms with E-state index in [4.69, 9.17) is 9.97 Å². The minimum atomic E-state index is -0.314. The smallest absolute Gasteiger partial charge is 0.256 e. The van der Waals surface area contributed by atoms with Crippen molar-refractivity contribution in [1.29, 1.82) is 0 Å². The molecule has 5 aromatic rings. The molecule has 0 unspecified atom stereocenters. The third kappa shape index (κ3) is 4.21. The number of imidazole rings is 1. The molecule has 194 valence electrons. The molecule has 8 nitrogen and oxygen atoms in total. The van der Waals surface area contributed by atoms with Crippen molar-refractivity contribution < 1.29 is 9.18 Å². The van der Waals surface area contributed by atoms with Crippen molar-refractivity contribution in [1.82, 2.24) is 24.4 Å². The first kappa shape index (κ1) is 23.5. The van der Waals surface area contributed by atoms with Gasteiger partial charge in [-0.05, 0) is 68.1 Å². The van der Waals surface area contributed by atoms with Crippen LogP contribution in [0.15, 0.2) is 85.1 Å². The summed E-state index contributed by atoms with van der Waals surface area (Å²) in [5.41, 5.74) is 3.45. The van der Waals surface area contributed by atoms with Gasteiger partial charge in [0, 0.05) is 48.6 Å². The van der Waals surface area contributed by atoms with E-state index in [0.717, 1.165) is 42.1 Å². The number of likely N-dealkylation sites (N-methyl/N-ethyl adjacent to an activating group) is 1. The number of nitrogens with zero attached hydrogens (tertiary/aromatic N) is 6. The molecular weight excluding hydrogens is 493 g/mol. The van der Waals surface area contributed by atoms with Crippen LogP contribution >= 0.6 is 0 Å². The Morgan fingerprint density at radius 1 is 0.949 bits per heavy atom. The number of hydrogen-bond donors (Lipinski definition) is 1. The molecule has 0 saturated carbocycles. The molecule has 0 radical (unpaired) electrons. The summed E-state index contributed by atoms with van der Waals surface area (Å²) in [5.74, 6) is 1.39. The van der Waals surface area contributed by atoms with Gasteiger partial charge in [0.2, 0.25) is 0 Å². The van der Waals surface area contributed by atoms with Gasteiger partial charge in [-0.15, -0.1) is 0 Å². The number of piperazine rings is 1. The number of carbonyl (C=O) groups excluding carboxylic acids is 1. The van der Waals surface area contributed by atoms with Gasteiger partial charge >= 0.3 is 0 Å². The molecule has 2 aliphatic heterocycles. The second-order valence-corrected chi connectivity index (χ2v) is 10.1. The number of likely N-dealkylation sites (tertiary alicyclic amines) is 1. The van der Waals surface area contributed by atoms with Crippen LogP contribution < -0.4 is 10.2 Å². The van der Waals surface area contributed by atoms with Crippen molar-refractivity contribution in [3.8, 4) is 17.1 Å². The normalized spacial score (nSPS) is 18.7. The Labute approximate surface area is 224 Å². The molecule has 1 N–H and O–H groups in total. The second-order valence-electron chi connectivity index (χ2n) is 10.1. The standard InChI is InChI=1S/C30H26FN7O/c1-36-17-24-15-23(36)18-37(24)27-12-11-25-29(35-27)38(28(33-25)19-7-9-21(31)10-8-19)22-13-14-32-26(16-22)34-30(39)20-5-3-2-4-6-20/h2-14,16,23-24H,15,17-18H2,1H3,(H,32,34,39)/t23-,24-/m0/s1. The van der Waals surface area contributed by atoms with E-state index in [9.17, 15) is 9.18 Å². The molecule has 0 aliphatic carbocycles. The Kier molecular flexibility index (Phi) is 5.59. The summed E-state index contributed by atoms with van der Waals surface area (Å²) in [7, 11) is 2.18. The fourth-order valence-electron chi connectivity index (χ4n) is 5.70. The van der Waals surface area contributed by atoms with E-state index in [-0.39, 0.29) is 11.7 Å². The van der Waals surface area contributed by atoms with Crippen molar-refractivity contribution in [2.24, 2.45) is 0 Å². The lowest BCUT2D eigenvalue weighted by molar-refractivity contribution is 0.102. The maximum absolute atomic E-state index is 13.8. The number of amides is 1. The molecule has 5 heterocycles. The van der Waals surface area contributed by atoms with Gasteiger partial charge in [-0.25, -0.2) is 19.3 Å². The van der Waals surface area contributed by atoms with Crippen LogP contribution in [0.2, 0.25) is 0 Å². The first-order valence-corrected chi connectivity index (χ1v) is 13.0. The molecule has 2 bridgehead atoms. The Morgan fingerprint density at radius 2 is 1.77 bits per heavy atom. The molecule has 3 aromatic heterocycles. The number of pyridine rings is 2. The van der Waals surface area contributed by atoms with Crippen LogP contribution in [0.1, 0.15) is 16.8 Å². The summed E-state index contributed by atoms with van der Waals surface area (Å²) in [6.07, 6.45) is 2.79. The summed E-state index contributed by atoms with van der Waals surface area (Å²) >= 11 is 0. The van der Waals surface area contributed by atoms with Gasteiger partial charge in [-0.2, -0.15) is 0 Å². The summed E-state index contributed by atoms with van der Waals surface area (Å²) in [6, 6.07) is 24.0. The first-order chi connectivity index (χ1) is 19.0. The van der Waals surface area contributed by atoms with Crippen molar-refractivity contribution in [3.05, 3.63) is 96.4 Å². The molecule has 7 rings (SSSR count). The Hall–Kier alpha value is -4.63. The maximum atomic E-state index is 13.8. The Balaban J connectivity index is 1.33. The molecule has 2 atom stereocenters. The molecule has 2 aromatic carbocycles. The lowest BCUT2D eigenvalue weighted by Gasteiger charge is -2.32. The summed E-state index contributed by atoms with van der Waals surface area (Å²) in [5, 5.41) is 2.89. The van der Waals surface area contributed by atoms with Gasteiger partial charge in [0.25, 0.3) is 5.91 Å². The van der Waals surface area contributed by atoms with E-state index >= 15 is 0 Å². The largest absolute Gasteiger partial charge is 0.351 e. The maximum Gasteiger partial charge on any atom is 0.256 e. The predicted molar refractivity (Wildman–Crippen MR) is 149 cm³/mol. The lowest BCUT2D eigenvalue weighted by atomic mass is 10.2. The fourth-order valence-corrected chi connectivity index (χ4v) is 5.70. The van der Waals surface area contributed by atoms with Crippen molar-refractivity contribution in [3.63, 3.8) is 0 Å². The molecule has 0 spiro atoms. The van der Waals surface area contributed by atoms with E-state index in [2.05, 4.69) is 27.1 Å². The summed E-state index contributed by atoms with van der Waals surface area (Å²) < 4.78 is 15.7. The number of nitrogens with one attached hydrogen (secondary N) is 1. The Morgan fingerprint density at radius 3 is 2.51 bits per heavy atom. The third-order valence-corrected chi connectivity index (χ3v) is 7.68. The number of fused-ring (bicyclic) bond motifs is 3. The Bertz CT molecular complexity index is 1680. The van der Waals surface area contributed by atoms with E-state index in [1.54, 1.807) is 36.5 Å². The molecular formula is C30H26FN7O. The highest BCUT2D eigenvalue weighted by atomic mass is 19.1. The number of carbonyl (C=O) groups is 1. The summed E-state index contributed by atoms with van der Waals surface area (Å²) in [4.78, 5) is 32.0. The van der Waals surface area contributed by atoms with E-state index in [0.29, 0.717) is 34.9 Å². The van der Waals surface area contributed by atoms with Crippen LogP contribution in [0.5, 0.6) is 0 Å². The topological polar surface area (TPSA) is 79.2 Å². The van der Waals surface area contributed by atoms with Crippen molar-refractivity contribution in [2.45, 2.75) is 18.5 Å². The zero-order valence-corrected chi connectivity index (χ0v) is 21.3. The highest BCUT2D eigenvalue weighted by Crippen LogP contribution is 2.35. The number of aromatic nitrogens is 4. The highest BCUT2D eigenvalue weighted by Gasteiger charge is 2.42. The predicted octanol–water partition coefficient (Wildman–Crippen LogP) is 4.77. The van der Waals surface area contributed by atoms with Gasteiger partial charge in [0.15, 0.2) is 5.65 Å². The number of rotatable bonds is 5. The average molecular weight is 520 g/mol. The first-order valence-electron chi connectivity index (χ1n) is 13.0. The number of anilines is 2. The molecule has 2 aliphatic rings. The fraction of sp³-hybridized carbons (Fsp3) is 0.200. The average Bonchev–Trinajstić information content (AvgIpc) is 3.66. The number of hydrogen-bond acceptors (Lipinski definition) is 6. The van der Waals surface area contributed by atoms with Gasteiger partial charge in [0.1, 0.15) is 28.8 Å². The second kappa shape index (κ2) is 9.28. The minimum Gasteiger partial charge on any atom is -0.351 e. The van der Waals surface area contributed by atoms with E-state index in [1.807, 2.05) is 41.0 Å². The molecule has 9 heteroatoms. The third-order valence-electron chi connectivity index (χ3n) is 7.68. The van der Waals surface area contributed by atoms with Crippen molar-refractivity contribution >= 4 is 28.7 Å². The van der Waals surface area contributed by atoms with Crippen LogP contribution in [0.4, 0.5) is 16.0 Å². The van der Waals surface area contributed by atoms with E-state index < -0.39 is 0 Å². The van der Waals surface area contributed by atoms with Crippen LogP contribution in [0, 0.1) is 5.82 Å². The highest BCUT2D eigenvalue weighted by molar-refractivity contribution is 6.03. The SMILES string of the molecule is CN1C[C@@H]2C[C@H]1CN2c1ccc2nc(-c3ccc(F)cc3)n(-c3ccnc(NC(=O)c4ccccc4)c3)c2n1. The zero-order chi connectivity index (χ0) is 26.5. The van der Waals surface area contributed by atoms with Gasteiger partial charge in [0.05, 0.1) is 5.69 Å². The molecule has 1 amide bonds. The van der Waals surface area contributed by atoms with Crippen LogP contribution in [0.25, 0.3) is 28.2 Å². The lowest BCUT2D eigenvalue weighted by Crippen LogP contribution is -2.44. The minimum absolute atomic E-state index is 0.246. The van der Waals surface area contributed by atoms with Gasteiger partial charge in [-0.1, -0.05) is 18.2 Å². The quantitative estimate of drug-likeness (QED) is 0.361. The monoisotopic (exact) mass is 519 g/mol. The molecule has 2 saturated heterocycles. The molecule has 39 heavy (non-hydrogen) atoms. The van der Waals surface area contributed by atoms with Gasteiger partial charge in [-0.3, -0.25) is 14.3 Å². The number of benzene rings is 2. The van der Waals surface area contributed by atoms with Crippen LogP contribution in [0.3, 0.4) is 0 Å². The van der Waals surface area contributed by atoms with E-state index in [1.165, 1.54) is 12.1 Å².